The summed E-state index contributed by atoms with van der Waals surface area (Å²) in [7, 11) is 0. The number of nitrogens with two attached hydrogens (primary N) is 1. The first-order chi connectivity index (χ1) is 5.86. The Balaban J connectivity index is 2.08. The van der Waals surface area contributed by atoms with Crippen molar-refractivity contribution in [2.75, 3.05) is 18.9 Å². The molecule has 0 radical (unpaired) electrons. The van der Waals surface area contributed by atoms with Crippen molar-refractivity contribution in [3.63, 3.8) is 0 Å². The third kappa shape index (κ3) is 1.56. The van der Waals surface area contributed by atoms with E-state index in [1.54, 1.807) is 0 Å². The van der Waals surface area contributed by atoms with Gasteiger partial charge in [0.1, 0.15) is 5.01 Å². The van der Waals surface area contributed by atoms with Crippen LogP contribution in [0.5, 0.6) is 0 Å². The van der Waals surface area contributed by atoms with E-state index in [-0.39, 0.29) is 0 Å². The van der Waals surface area contributed by atoms with Crippen molar-refractivity contribution in [1.29, 1.82) is 0 Å². The molecule has 1 aliphatic heterocycles. The van der Waals surface area contributed by atoms with Crippen LogP contribution in [0.15, 0.2) is 0 Å². The predicted molar refractivity (Wildman–Crippen MR) is 47.1 cm³/mol. The van der Waals surface area contributed by atoms with Gasteiger partial charge < -0.3 is 10.5 Å². The Morgan fingerprint density at radius 3 is 2.75 bits per heavy atom. The van der Waals surface area contributed by atoms with Gasteiger partial charge >= 0.3 is 0 Å². The monoisotopic (exact) mass is 185 g/mol. The topological polar surface area (TPSA) is 61.0 Å². The highest BCUT2D eigenvalue weighted by Gasteiger charge is 2.19. The minimum atomic E-state index is 0.404. The van der Waals surface area contributed by atoms with Gasteiger partial charge in [-0.2, -0.15) is 4.37 Å². The van der Waals surface area contributed by atoms with Gasteiger partial charge in [0.05, 0.1) is 0 Å². The summed E-state index contributed by atoms with van der Waals surface area (Å²) in [5.41, 5.74) is 5.44. The molecule has 0 aliphatic carbocycles. The van der Waals surface area contributed by atoms with Crippen LogP contribution in [0.4, 0.5) is 5.95 Å². The molecule has 1 fully saturated rings. The van der Waals surface area contributed by atoms with Crippen LogP contribution < -0.4 is 5.73 Å². The zero-order chi connectivity index (χ0) is 8.39. The highest BCUT2D eigenvalue weighted by molar-refractivity contribution is 7.05. The maximum Gasteiger partial charge on any atom is 0.232 e. The third-order valence-corrected chi connectivity index (χ3v) is 2.92. The number of nitrogens with zero attached hydrogens (tertiary/aromatic N) is 2. The molecule has 12 heavy (non-hydrogen) atoms. The normalized spacial score (nSPS) is 19.7. The molecule has 0 saturated carbocycles. The molecule has 2 rings (SSSR count). The van der Waals surface area contributed by atoms with Crippen LogP contribution >= 0.6 is 11.5 Å². The van der Waals surface area contributed by atoms with E-state index in [9.17, 15) is 0 Å². The Kier molecular flexibility index (Phi) is 2.23. The minimum absolute atomic E-state index is 0.404. The van der Waals surface area contributed by atoms with Crippen LogP contribution in [0.25, 0.3) is 0 Å². The SMILES string of the molecule is Nc1nsc(C2CCOCC2)n1. The summed E-state index contributed by atoms with van der Waals surface area (Å²) in [6.45, 7) is 1.67. The largest absolute Gasteiger partial charge is 0.381 e. The fraction of sp³-hybridized carbons (Fsp3) is 0.714. The van der Waals surface area contributed by atoms with E-state index in [1.165, 1.54) is 11.5 Å². The average Bonchev–Trinajstić information content (AvgIpc) is 2.54. The van der Waals surface area contributed by atoms with Gasteiger partial charge in [0.2, 0.25) is 5.95 Å². The molecule has 0 atom stereocenters. The van der Waals surface area contributed by atoms with Crippen molar-refractivity contribution in [3.05, 3.63) is 5.01 Å². The highest BCUT2D eigenvalue weighted by Crippen LogP contribution is 2.28. The van der Waals surface area contributed by atoms with Crippen molar-refractivity contribution >= 4 is 17.5 Å². The van der Waals surface area contributed by atoms with E-state index >= 15 is 0 Å². The number of hydrogen-bond acceptors (Lipinski definition) is 5. The molecule has 4 nitrogen and oxygen atoms in total. The molecule has 1 aliphatic rings. The smallest absolute Gasteiger partial charge is 0.232 e. The van der Waals surface area contributed by atoms with E-state index in [4.69, 9.17) is 10.5 Å². The zero-order valence-electron chi connectivity index (χ0n) is 6.69. The van der Waals surface area contributed by atoms with Crippen LogP contribution in [0, 0.1) is 0 Å². The molecule has 0 spiro atoms. The van der Waals surface area contributed by atoms with Crippen LogP contribution in [-0.2, 0) is 4.74 Å². The summed E-state index contributed by atoms with van der Waals surface area (Å²) in [6.07, 6.45) is 2.10. The first-order valence-electron chi connectivity index (χ1n) is 4.03. The Labute approximate surface area is 74.9 Å². The number of rotatable bonds is 1. The van der Waals surface area contributed by atoms with Gasteiger partial charge in [-0.3, -0.25) is 0 Å². The second-order valence-corrected chi connectivity index (χ2v) is 3.66. The number of nitrogen functional groups attached to an aromatic ring is 1. The van der Waals surface area contributed by atoms with E-state index in [2.05, 4.69) is 9.36 Å². The van der Waals surface area contributed by atoms with Gasteiger partial charge in [-0.05, 0) is 24.4 Å². The lowest BCUT2D eigenvalue weighted by molar-refractivity contribution is 0.0853. The summed E-state index contributed by atoms with van der Waals surface area (Å²) in [5.74, 6) is 0.926. The summed E-state index contributed by atoms with van der Waals surface area (Å²) in [4.78, 5) is 4.16. The predicted octanol–water partition coefficient (Wildman–Crippen LogP) is 1.01. The van der Waals surface area contributed by atoms with E-state index in [1.807, 2.05) is 0 Å². The molecular formula is C7H11N3OS. The van der Waals surface area contributed by atoms with E-state index in [0.717, 1.165) is 31.1 Å². The fourth-order valence-electron chi connectivity index (χ4n) is 1.36. The number of aromatic nitrogens is 2. The summed E-state index contributed by atoms with van der Waals surface area (Å²) in [5, 5.41) is 1.07. The number of anilines is 1. The molecule has 5 heteroatoms. The maximum atomic E-state index is 5.44. The molecule has 1 aromatic heterocycles. The molecule has 1 aromatic rings. The van der Waals surface area contributed by atoms with Gasteiger partial charge in [-0.25, -0.2) is 4.98 Å². The number of hydrogen-bond donors (Lipinski definition) is 1. The van der Waals surface area contributed by atoms with Crippen molar-refractivity contribution in [2.24, 2.45) is 0 Å². The molecule has 0 aromatic carbocycles. The lowest BCUT2D eigenvalue weighted by Gasteiger charge is -2.18. The Morgan fingerprint density at radius 2 is 2.17 bits per heavy atom. The van der Waals surface area contributed by atoms with E-state index in [0.29, 0.717) is 11.9 Å². The lowest BCUT2D eigenvalue weighted by Crippen LogP contribution is -2.13. The molecule has 0 unspecified atom stereocenters. The highest BCUT2D eigenvalue weighted by atomic mass is 32.1. The van der Waals surface area contributed by atoms with Crippen molar-refractivity contribution in [1.82, 2.24) is 9.36 Å². The quantitative estimate of drug-likeness (QED) is 0.709. The number of ether oxygens (including phenoxy) is 1. The Bertz CT molecular complexity index is 257. The van der Waals surface area contributed by atoms with Gasteiger partial charge in [-0.1, -0.05) is 0 Å². The van der Waals surface area contributed by atoms with Crippen LogP contribution in [0.3, 0.4) is 0 Å². The minimum Gasteiger partial charge on any atom is -0.381 e. The molecular weight excluding hydrogens is 174 g/mol. The molecule has 2 N–H and O–H groups in total. The van der Waals surface area contributed by atoms with E-state index < -0.39 is 0 Å². The summed E-state index contributed by atoms with van der Waals surface area (Å²) >= 11 is 1.41. The Hall–Kier alpha value is -0.680. The van der Waals surface area contributed by atoms with Gasteiger partial charge in [0.15, 0.2) is 0 Å². The second kappa shape index (κ2) is 3.37. The average molecular weight is 185 g/mol. The molecule has 66 valence electrons. The summed E-state index contributed by atoms with van der Waals surface area (Å²) < 4.78 is 9.21. The van der Waals surface area contributed by atoms with Crippen LogP contribution in [0.2, 0.25) is 0 Å². The Morgan fingerprint density at radius 1 is 1.42 bits per heavy atom. The van der Waals surface area contributed by atoms with Gasteiger partial charge in [0, 0.05) is 19.1 Å². The first kappa shape index (κ1) is 7.94. The van der Waals surface area contributed by atoms with Gasteiger partial charge in [0.25, 0.3) is 0 Å². The van der Waals surface area contributed by atoms with Gasteiger partial charge in [-0.15, -0.1) is 0 Å². The molecule has 0 amide bonds. The summed E-state index contributed by atoms with van der Waals surface area (Å²) in [6, 6.07) is 0. The fourth-order valence-corrected chi connectivity index (χ4v) is 2.10. The molecule has 1 saturated heterocycles. The standard InChI is InChI=1S/C7H11N3OS/c8-7-9-6(12-10-7)5-1-3-11-4-2-5/h5H,1-4H2,(H2,8,10). The third-order valence-electron chi connectivity index (χ3n) is 2.03. The zero-order valence-corrected chi connectivity index (χ0v) is 7.51. The van der Waals surface area contributed by atoms with Crippen molar-refractivity contribution in [3.8, 4) is 0 Å². The second-order valence-electron chi connectivity index (χ2n) is 2.88. The van der Waals surface area contributed by atoms with Crippen molar-refractivity contribution < 1.29 is 4.74 Å². The molecule has 0 bridgehead atoms. The lowest BCUT2D eigenvalue weighted by atomic mass is 10.0. The van der Waals surface area contributed by atoms with Crippen LogP contribution in [0.1, 0.15) is 23.8 Å². The van der Waals surface area contributed by atoms with Crippen molar-refractivity contribution in [2.45, 2.75) is 18.8 Å². The maximum absolute atomic E-state index is 5.44. The van der Waals surface area contributed by atoms with Crippen LogP contribution in [-0.4, -0.2) is 22.6 Å². The first-order valence-corrected chi connectivity index (χ1v) is 4.80. The molecule has 2 heterocycles.